The highest BCUT2D eigenvalue weighted by Gasteiger charge is 2.77. The number of carbonyl (C=O) groups excluding carboxylic acids is 1. The number of carboxylic acid groups (broad SMARTS) is 1. The van der Waals surface area contributed by atoms with E-state index >= 15 is 0 Å². The first-order valence-corrected chi connectivity index (χ1v) is 33.4. The van der Waals surface area contributed by atoms with Gasteiger partial charge < -0.3 is 26.0 Å². The Balaban J connectivity index is 0.989. The molecule has 5 fully saturated rings. The van der Waals surface area contributed by atoms with Crippen LogP contribution in [0.15, 0.2) is 113 Å². The number of benzene rings is 2. The lowest BCUT2D eigenvalue weighted by Crippen LogP contribution is -2.69. The third kappa shape index (κ3) is 8.48. The van der Waals surface area contributed by atoms with Crippen molar-refractivity contribution < 1.29 is 24.9 Å². The summed E-state index contributed by atoms with van der Waals surface area (Å²) in [6.07, 6.45) is 36.8. The molecule has 18 rings (SSSR count). The van der Waals surface area contributed by atoms with Crippen LogP contribution in [0.1, 0.15) is 192 Å². The maximum Gasteiger partial charge on any atom is 0.306 e. The lowest BCUT2D eigenvalue weighted by molar-refractivity contribution is -0.167. The van der Waals surface area contributed by atoms with Gasteiger partial charge in [0.2, 0.25) is 0 Å². The molecule has 6 heterocycles. The largest absolute Gasteiger partial charge is 0.481 e. The zero-order valence-corrected chi connectivity index (χ0v) is 50.0. The molecule has 2 aromatic rings. The predicted molar refractivity (Wildman–Crippen MR) is 329 cm³/mol. The number of ketones is 1. The number of hydrogen-bond acceptors (Lipinski definition) is 6. The molecule has 6 aliphatic heterocycles. The average molecular weight is 1110 g/mol. The van der Waals surface area contributed by atoms with Gasteiger partial charge in [-0.2, -0.15) is 0 Å². The molecule has 2 spiro atoms. The van der Waals surface area contributed by atoms with Crippen molar-refractivity contribution in [1.82, 2.24) is 10.6 Å². The molecule has 0 aromatic heterocycles. The van der Waals surface area contributed by atoms with Gasteiger partial charge in [-0.25, -0.2) is 0 Å². The number of aliphatic hydroxyl groups excluding tert-OH is 2. The maximum atomic E-state index is 14.4. The van der Waals surface area contributed by atoms with Crippen molar-refractivity contribution >= 4 is 29.0 Å². The van der Waals surface area contributed by atoms with Crippen molar-refractivity contribution in [2.75, 3.05) is 13.1 Å². The molecular weight excluding hydrogens is 1010 g/mol. The number of hydrogen-bond donors (Lipinski definition) is 5. The first kappa shape index (κ1) is 55.2. The smallest absolute Gasteiger partial charge is 0.306 e. The highest BCUT2D eigenvalue weighted by Crippen LogP contribution is 2.83. The van der Waals surface area contributed by atoms with E-state index in [4.69, 9.17) is 6.58 Å². The van der Waals surface area contributed by atoms with Crippen LogP contribution < -0.4 is 21.1 Å². The van der Waals surface area contributed by atoms with Crippen LogP contribution in [0.4, 0.5) is 0 Å². The number of allylic oxidation sites excluding steroid dienone is 9. The Labute approximate surface area is 490 Å². The van der Waals surface area contributed by atoms with Crippen LogP contribution in [0.25, 0.3) is 17.2 Å². The van der Waals surface area contributed by atoms with E-state index in [1.54, 1.807) is 16.7 Å². The fourth-order valence-electron chi connectivity index (χ4n) is 22.8. The quantitative estimate of drug-likeness (QED) is 0.183. The molecule has 5 N–H and O–H groups in total. The zero-order chi connectivity index (χ0) is 56.3. The molecule has 7 heteroatoms. The molecule has 10 aliphatic carbocycles. The van der Waals surface area contributed by atoms with E-state index in [0.29, 0.717) is 67.5 Å². The lowest BCUT2D eigenvalue weighted by atomic mass is 9.29. The van der Waals surface area contributed by atoms with Gasteiger partial charge in [-0.3, -0.25) is 9.59 Å². The summed E-state index contributed by atoms with van der Waals surface area (Å²) in [6, 6.07) is 18.6. The average Bonchev–Trinajstić information content (AvgIpc) is 1.05. The number of Topliss-reactive ketones (excluding diaryl/α,β-unsaturated/α-hetero) is 1. The number of fused-ring (bicyclic) bond motifs is 1. The molecule has 2 aromatic carbocycles. The van der Waals surface area contributed by atoms with Gasteiger partial charge in [0.25, 0.3) is 0 Å². The van der Waals surface area contributed by atoms with Gasteiger partial charge in [0.05, 0.1) is 23.9 Å². The Kier molecular flexibility index (Phi) is 14.2. The first-order chi connectivity index (χ1) is 39.7. The zero-order valence-electron chi connectivity index (χ0n) is 50.0. The van der Waals surface area contributed by atoms with E-state index in [1.165, 1.54) is 88.8 Å². The van der Waals surface area contributed by atoms with Gasteiger partial charge in [-0.05, 0) is 207 Å². The molecule has 13 unspecified atom stereocenters. The van der Waals surface area contributed by atoms with Crippen LogP contribution in [0, 0.1) is 80.3 Å². The number of aliphatic hydroxyl groups is 2. The number of dihydropyridines is 1. The first-order valence-electron chi connectivity index (χ1n) is 33.4. The molecule has 82 heavy (non-hydrogen) atoms. The minimum absolute atomic E-state index is 0.0961. The van der Waals surface area contributed by atoms with E-state index in [9.17, 15) is 24.9 Å². The molecule has 0 amide bonds. The highest BCUT2D eigenvalue weighted by molar-refractivity contribution is 5.79. The Bertz CT molecular complexity index is 3210. The standard InChI is InChI=1S/C75H96N2O5/c1-46-23-29-59(69(81)82)68-65(79)44-75(54-19-9-10-20-54)64-43-73-42-61-60(40-48-14-12-18-51(39-48)53-26-30-67(77-45-53)76-37-13-22-57(46)50-15-6-5-7-16-50)58-21-11-8-17-52(58)41-63(61)74(62(64)32-35-72(68,75)4)36-33-66(80)71(3,70(73)74)34-31-55(73)38-47(2)49-24-27-56(78)28-25-49/h8,11-12,14,17-18,21,26,30-31,39,41-42,47,49-50,54,57,59,63,65-66,68,70,76-77,79-80H,1,5-7,9-10,13,15-16,19-20,22-25,27-29,32-38,40,43-45H2,2-4H3,(H,81,82). The lowest BCUT2D eigenvalue weighted by Gasteiger charge is -2.74. The molecule has 5 saturated carbocycles. The third-order valence-corrected chi connectivity index (χ3v) is 26.3. The number of aliphatic carboxylic acids is 1. The number of carbonyl (C=O) groups is 2. The third-order valence-electron chi connectivity index (χ3n) is 26.3. The van der Waals surface area contributed by atoms with Gasteiger partial charge in [-0.1, -0.05) is 155 Å². The Morgan fingerprint density at radius 2 is 1.62 bits per heavy atom. The number of nitrogens with one attached hydrogen (secondary N) is 2. The van der Waals surface area contributed by atoms with Gasteiger partial charge >= 0.3 is 5.97 Å². The van der Waals surface area contributed by atoms with Crippen LogP contribution >= 0.6 is 0 Å². The van der Waals surface area contributed by atoms with Crippen molar-refractivity contribution in [3.63, 3.8) is 0 Å². The molecule has 436 valence electrons. The summed E-state index contributed by atoms with van der Waals surface area (Å²) in [4.78, 5) is 27.2. The summed E-state index contributed by atoms with van der Waals surface area (Å²) in [5.74, 6) is 2.17. The molecule has 13 atom stereocenters. The second-order valence-corrected chi connectivity index (χ2v) is 29.9. The van der Waals surface area contributed by atoms with Crippen molar-refractivity contribution in [2.24, 2.45) is 80.3 Å². The number of rotatable bonds is 6. The molecule has 14 bridgehead atoms. The van der Waals surface area contributed by atoms with E-state index < -0.39 is 34.9 Å². The predicted octanol–water partition coefficient (Wildman–Crippen LogP) is 13.8. The van der Waals surface area contributed by atoms with E-state index in [2.05, 4.69) is 110 Å². The maximum absolute atomic E-state index is 14.4. The minimum atomic E-state index is -0.737. The summed E-state index contributed by atoms with van der Waals surface area (Å²) in [6.45, 7) is 14.0. The normalized spacial score (nSPS) is 39.1. The van der Waals surface area contributed by atoms with Crippen molar-refractivity contribution in [2.45, 2.75) is 200 Å². The van der Waals surface area contributed by atoms with Gasteiger partial charge in [-0.15, -0.1) is 0 Å². The van der Waals surface area contributed by atoms with Crippen LogP contribution in [0.2, 0.25) is 0 Å². The topological polar surface area (TPSA) is 119 Å². The van der Waals surface area contributed by atoms with Crippen LogP contribution in [0.3, 0.4) is 0 Å². The van der Waals surface area contributed by atoms with Crippen molar-refractivity contribution in [3.8, 4) is 0 Å². The molecule has 0 radical (unpaired) electrons. The monoisotopic (exact) mass is 1100 g/mol. The second-order valence-electron chi connectivity index (χ2n) is 29.9. The fourth-order valence-corrected chi connectivity index (χ4v) is 22.8. The summed E-state index contributed by atoms with van der Waals surface area (Å²) in [7, 11) is 0. The van der Waals surface area contributed by atoms with E-state index in [0.717, 1.165) is 109 Å². The molecule has 0 saturated heterocycles. The highest BCUT2D eigenvalue weighted by atomic mass is 16.4. The van der Waals surface area contributed by atoms with Gasteiger partial charge in [0.1, 0.15) is 5.78 Å². The van der Waals surface area contributed by atoms with Crippen LogP contribution in [0.5, 0.6) is 0 Å². The minimum Gasteiger partial charge on any atom is -0.481 e. The van der Waals surface area contributed by atoms with E-state index in [-0.39, 0.29) is 34.0 Å². The van der Waals surface area contributed by atoms with Crippen molar-refractivity contribution in [3.05, 3.63) is 135 Å². The summed E-state index contributed by atoms with van der Waals surface area (Å²) in [5.41, 5.74) is 11.1. The van der Waals surface area contributed by atoms with Crippen molar-refractivity contribution in [1.29, 1.82) is 0 Å². The number of carboxylic acids is 1. The summed E-state index contributed by atoms with van der Waals surface area (Å²) in [5, 5.41) is 48.3. The SMILES string of the molecule is C=C1CCC(C(=O)O)C2C(O)CC3(C4CCCC4)C4=C(CCC23C)C23CCC(O)C5(C)CC=C(CC(C)C6CCC(=O)CC6)C(C=C6C(=c7ccccc7=CC62)Cc2cccc(c2)C2=CC=C(NCCCC1C1CCCCC1)NC2)(C4)C53. The molecule has 16 aliphatic rings. The van der Waals surface area contributed by atoms with Gasteiger partial charge in [0.15, 0.2) is 0 Å². The Morgan fingerprint density at radius 3 is 2.40 bits per heavy atom. The molecular formula is C75H96N2O5. The summed E-state index contributed by atoms with van der Waals surface area (Å²) >= 11 is 0. The van der Waals surface area contributed by atoms with Gasteiger partial charge in [0, 0.05) is 59.4 Å². The van der Waals surface area contributed by atoms with Crippen LogP contribution in [-0.4, -0.2) is 52.4 Å². The van der Waals surface area contributed by atoms with Crippen LogP contribution in [-0.2, 0) is 16.0 Å². The Hall–Kier alpha value is -4.72. The summed E-state index contributed by atoms with van der Waals surface area (Å²) < 4.78 is 0. The second kappa shape index (κ2) is 21.1. The Morgan fingerprint density at radius 1 is 0.829 bits per heavy atom. The molecule has 7 nitrogen and oxygen atoms in total. The van der Waals surface area contributed by atoms with E-state index in [1.807, 2.05) is 0 Å². The fraction of sp³-hybridized carbons (Fsp3) is 0.627.